The van der Waals surface area contributed by atoms with Crippen molar-refractivity contribution in [3.8, 4) is 0 Å². The smallest absolute Gasteiger partial charge is 0.435 e. The zero-order valence-electron chi connectivity index (χ0n) is 17.8. The van der Waals surface area contributed by atoms with E-state index in [1.807, 2.05) is 30.3 Å². The molecule has 31 heavy (non-hydrogen) atoms. The van der Waals surface area contributed by atoms with Gasteiger partial charge in [0.2, 0.25) is 0 Å². The van der Waals surface area contributed by atoms with Gasteiger partial charge in [-0.1, -0.05) is 37.3 Å². The van der Waals surface area contributed by atoms with Gasteiger partial charge in [-0.2, -0.15) is 9.78 Å². The largest absolute Gasteiger partial charge is 0.443 e. The van der Waals surface area contributed by atoms with Gasteiger partial charge in [0.25, 0.3) is 0 Å². The Morgan fingerprint density at radius 2 is 1.87 bits per heavy atom. The van der Waals surface area contributed by atoms with E-state index >= 15 is 0 Å². The highest BCUT2D eigenvalue weighted by atomic mass is 16.6. The fourth-order valence-corrected chi connectivity index (χ4v) is 4.53. The average Bonchev–Trinajstić information content (AvgIpc) is 3.39. The van der Waals surface area contributed by atoms with Crippen LogP contribution < -0.4 is 0 Å². The maximum atomic E-state index is 12.7. The summed E-state index contributed by atoms with van der Waals surface area (Å²) in [6, 6.07) is 16.2. The summed E-state index contributed by atoms with van der Waals surface area (Å²) in [7, 11) is 0. The minimum atomic E-state index is -0.462. The standard InChI is InChI=1S/C25H27N3O3/c1-2-10-27-22(19-8-11-30-12-9-19)13-20-14-24-21(15-23(20)27)16-26-28(24)25(29)31-17-18-6-4-3-5-7-18/h3-7,13-16,19H,2,8-12,17H2,1H3. The number of ether oxygens (including phenoxy) is 2. The molecule has 0 saturated carbocycles. The van der Waals surface area contributed by atoms with Gasteiger partial charge in [0.05, 0.1) is 11.7 Å². The van der Waals surface area contributed by atoms with E-state index in [2.05, 4.69) is 34.8 Å². The third kappa shape index (κ3) is 3.83. The van der Waals surface area contributed by atoms with Gasteiger partial charge in [-0.05, 0) is 43.0 Å². The molecule has 1 fully saturated rings. The summed E-state index contributed by atoms with van der Waals surface area (Å²) in [5, 5.41) is 6.40. The first-order valence-corrected chi connectivity index (χ1v) is 11.0. The van der Waals surface area contributed by atoms with E-state index in [1.54, 1.807) is 6.20 Å². The summed E-state index contributed by atoms with van der Waals surface area (Å²) in [6.07, 6.45) is 4.47. The zero-order chi connectivity index (χ0) is 21.2. The fourth-order valence-electron chi connectivity index (χ4n) is 4.53. The molecule has 160 valence electrons. The molecule has 0 spiro atoms. The Bertz CT molecular complexity index is 1200. The molecule has 1 aliphatic rings. The molecule has 6 heteroatoms. The molecule has 0 atom stereocenters. The predicted octanol–water partition coefficient (Wildman–Crippen LogP) is 5.48. The fraction of sp³-hybridized carbons (Fsp3) is 0.360. The summed E-state index contributed by atoms with van der Waals surface area (Å²) >= 11 is 0. The minimum Gasteiger partial charge on any atom is -0.443 e. The molecular formula is C25H27N3O3. The Morgan fingerprint density at radius 1 is 1.10 bits per heavy atom. The lowest BCUT2D eigenvalue weighted by Crippen LogP contribution is -2.17. The molecule has 0 bridgehead atoms. The monoisotopic (exact) mass is 417 g/mol. The maximum absolute atomic E-state index is 12.7. The van der Waals surface area contributed by atoms with Crippen molar-refractivity contribution in [2.75, 3.05) is 13.2 Å². The Balaban J connectivity index is 1.49. The summed E-state index contributed by atoms with van der Waals surface area (Å²) in [5.41, 5.74) is 4.30. The van der Waals surface area contributed by atoms with Crippen molar-refractivity contribution < 1.29 is 14.3 Å². The Morgan fingerprint density at radius 3 is 2.65 bits per heavy atom. The highest BCUT2D eigenvalue weighted by Gasteiger charge is 2.22. The van der Waals surface area contributed by atoms with E-state index in [0.717, 1.165) is 60.9 Å². The molecule has 0 amide bonds. The lowest BCUT2D eigenvalue weighted by molar-refractivity contribution is 0.0838. The number of nitrogens with zero attached hydrogens (tertiary/aromatic N) is 3. The zero-order valence-corrected chi connectivity index (χ0v) is 17.8. The molecule has 0 N–H and O–H groups in total. The van der Waals surface area contributed by atoms with Crippen molar-refractivity contribution in [3.05, 3.63) is 66.0 Å². The quantitative estimate of drug-likeness (QED) is 0.431. The second-order valence-electron chi connectivity index (χ2n) is 8.17. The summed E-state index contributed by atoms with van der Waals surface area (Å²) in [5.74, 6) is 0.517. The third-order valence-electron chi connectivity index (χ3n) is 6.09. The van der Waals surface area contributed by atoms with Crippen LogP contribution in [0.5, 0.6) is 0 Å². The number of aromatic nitrogens is 3. The van der Waals surface area contributed by atoms with Gasteiger partial charge in [0, 0.05) is 47.7 Å². The number of rotatable bonds is 5. The molecule has 0 radical (unpaired) electrons. The topological polar surface area (TPSA) is 58.3 Å². The normalized spacial score (nSPS) is 15.0. The SMILES string of the molecule is CCCn1c(C2CCOCC2)cc2cc3c(cnn3C(=O)OCc3ccccc3)cc21. The number of benzene rings is 2. The van der Waals surface area contributed by atoms with Crippen molar-refractivity contribution in [1.82, 2.24) is 14.3 Å². The van der Waals surface area contributed by atoms with Crippen LogP contribution in [0.25, 0.3) is 21.8 Å². The lowest BCUT2D eigenvalue weighted by Gasteiger charge is -2.24. The van der Waals surface area contributed by atoms with Gasteiger partial charge in [-0.15, -0.1) is 0 Å². The Kier molecular flexibility index (Phi) is 5.47. The van der Waals surface area contributed by atoms with Crippen molar-refractivity contribution >= 4 is 27.9 Å². The highest BCUT2D eigenvalue weighted by Crippen LogP contribution is 2.34. The summed E-state index contributed by atoms with van der Waals surface area (Å²) in [4.78, 5) is 12.7. The molecular weight excluding hydrogens is 390 g/mol. The van der Waals surface area contributed by atoms with Gasteiger partial charge in [-0.3, -0.25) is 0 Å². The van der Waals surface area contributed by atoms with Crippen LogP contribution >= 0.6 is 0 Å². The van der Waals surface area contributed by atoms with Gasteiger partial charge in [-0.25, -0.2) is 4.79 Å². The molecule has 0 aliphatic carbocycles. The maximum Gasteiger partial charge on any atom is 0.435 e. The number of carbonyl (C=O) groups is 1. The van der Waals surface area contributed by atoms with Gasteiger partial charge in [0.15, 0.2) is 0 Å². The van der Waals surface area contributed by atoms with E-state index in [4.69, 9.17) is 9.47 Å². The Labute approximate surface area is 181 Å². The van der Waals surface area contributed by atoms with E-state index in [1.165, 1.54) is 15.9 Å². The first kappa shape index (κ1) is 19.8. The van der Waals surface area contributed by atoms with Crippen molar-refractivity contribution in [1.29, 1.82) is 0 Å². The molecule has 6 nitrogen and oxygen atoms in total. The minimum absolute atomic E-state index is 0.226. The molecule has 3 heterocycles. The number of hydrogen-bond acceptors (Lipinski definition) is 4. The van der Waals surface area contributed by atoms with E-state index in [9.17, 15) is 4.79 Å². The van der Waals surface area contributed by atoms with Crippen LogP contribution in [0.2, 0.25) is 0 Å². The van der Waals surface area contributed by atoms with E-state index < -0.39 is 6.09 Å². The van der Waals surface area contributed by atoms with E-state index in [-0.39, 0.29) is 6.61 Å². The van der Waals surface area contributed by atoms with E-state index in [0.29, 0.717) is 5.92 Å². The Hall–Kier alpha value is -3.12. The molecule has 1 saturated heterocycles. The molecule has 0 unspecified atom stereocenters. The van der Waals surface area contributed by atoms with Crippen LogP contribution in [0.15, 0.2) is 54.7 Å². The number of hydrogen-bond donors (Lipinski definition) is 0. The lowest BCUT2D eigenvalue weighted by atomic mass is 9.96. The van der Waals surface area contributed by atoms with Gasteiger partial charge < -0.3 is 14.0 Å². The van der Waals surface area contributed by atoms with Crippen molar-refractivity contribution in [2.24, 2.45) is 0 Å². The van der Waals surface area contributed by atoms with Gasteiger partial charge in [0.1, 0.15) is 6.61 Å². The van der Waals surface area contributed by atoms with Crippen molar-refractivity contribution in [2.45, 2.75) is 45.3 Å². The molecule has 5 rings (SSSR count). The van der Waals surface area contributed by atoms with Crippen LogP contribution in [-0.4, -0.2) is 33.7 Å². The summed E-state index contributed by atoms with van der Waals surface area (Å²) in [6.45, 7) is 5.06. The molecule has 1 aliphatic heterocycles. The predicted molar refractivity (Wildman–Crippen MR) is 120 cm³/mol. The second kappa shape index (κ2) is 8.55. The summed E-state index contributed by atoms with van der Waals surface area (Å²) < 4.78 is 14.9. The van der Waals surface area contributed by atoms with Crippen molar-refractivity contribution in [3.63, 3.8) is 0 Å². The number of fused-ring (bicyclic) bond motifs is 2. The first-order chi connectivity index (χ1) is 15.2. The second-order valence-corrected chi connectivity index (χ2v) is 8.17. The first-order valence-electron chi connectivity index (χ1n) is 11.0. The highest BCUT2D eigenvalue weighted by molar-refractivity contribution is 5.98. The molecule has 4 aromatic rings. The molecule has 2 aromatic carbocycles. The van der Waals surface area contributed by atoms with Crippen LogP contribution in [0, 0.1) is 0 Å². The van der Waals surface area contributed by atoms with Crippen LogP contribution in [-0.2, 0) is 22.6 Å². The van der Waals surface area contributed by atoms with Crippen LogP contribution in [0.3, 0.4) is 0 Å². The van der Waals surface area contributed by atoms with Crippen LogP contribution in [0.4, 0.5) is 4.79 Å². The number of carbonyl (C=O) groups excluding carboxylic acids is 1. The van der Waals surface area contributed by atoms with Gasteiger partial charge >= 0.3 is 6.09 Å². The average molecular weight is 418 g/mol. The molecule has 2 aromatic heterocycles. The van der Waals surface area contributed by atoms with Crippen LogP contribution in [0.1, 0.15) is 43.4 Å². The third-order valence-corrected chi connectivity index (χ3v) is 6.09. The number of aryl methyl sites for hydroxylation is 1.